The van der Waals surface area contributed by atoms with Crippen molar-refractivity contribution in [2.24, 2.45) is 11.8 Å². The molecule has 2 rings (SSSR count). The van der Waals surface area contributed by atoms with Crippen molar-refractivity contribution in [3.8, 4) is 0 Å². The number of carbonyl (C=O) groups excluding carboxylic acids is 1. The van der Waals surface area contributed by atoms with Crippen LogP contribution in [0.25, 0.3) is 0 Å². The molecule has 3 N–H and O–H groups in total. The number of nitrogens with one attached hydrogen (secondary N) is 1. The summed E-state index contributed by atoms with van der Waals surface area (Å²) >= 11 is 1.43. The maximum absolute atomic E-state index is 12.1. The van der Waals surface area contributed by atoms with E-state index in [0.717, 1.165) is 11.3 Å². The van der Waals surface area contributed by atoms with Gasteiger partial charge in [0.05, 0.1) is 0 Å². The smallest absolute Gasteiger partial charge is 0.180 e. The van der Waals surface area contributed by atoms with Crippen LogP contribution in [0.15, 0.2) is 6.20 Å². The predicted octanol–water partition coefficient (Wildman–Crippen LogP) is 1.82. The standard InChI is InChI=1S/C13H20N6OS/c1-7(2)4-10(8(3)20)11(12-16-18-19-17-12)5-9-6-15-13(14)21-9/h6-7,10-11H,4-5H2,1-3H3,(H2,14,15)(H,16,17,18,19)/t10-,11+/m1/s1. The van der Waals surface area contributed by atoms with Crippen molar-refractivity contribution in [3.05, 3.63) is 16.9 Å². The number of aromatic nitrogens is 5. The Labute approximate surface area is 127 Å². The fourth-order valence-electron chi connectivity index (χ4n) is 2.50. The summed E-state index contributed by atoms with van der Waals surface area (Å²) in [7, 11) is 0. The normalized spacial score (nSPS) is 14.3. The molecule has 0 aliphatic carbocycles. The van der Waals surface area contributed by atoms with Crippen molar-refractivity contribution < 1.29 is 4.79 Å². The van der Waals surface area contributed by atoms with Crippen LogP contribution in [0, 0.1) is 11.8 Å². The van der Waals surface area contributed by atoms with E-state index in [1.54, 1.807) is 13.1 Å². The van der Waals surface area contributed by atoms with Gasteiger partial charge >= 0.3 is 0 Å². The van der Waals surface area contributed by atoms with E-state index in [4.69, 9.17) is 5.73 Å². The highest BCUT2D eigenvalue weighted by Crippen LogP contribution is 2.33. The van der Waals surface area contributed by atoms with Crippen LogP contribution in [0.1, 0.15) is 43.8 Å². The molecule has 0 spiro atoms. The number of ketones is 1. The third-order valence-electron chi connectivity index (χ3n) is 3.42. The molecule has 0 unspecified atom stereocenters. The van der Waals surface area contributed by atoms with Gasteiger partial charge in [-0.05, 0) is 25.7 Å². The monoisotopic (exact) mass is 308 g/mol. The van der Waals surface area contributed by atoms with Crippen molar-refractivity contribution >= 4 is 22.3 Å². The Hall–Kier alpha value is -1.83. The lowest BCUT2D eigenvalue weighted by Gasteiger charge is -2.23. The highest BCUT2D eigenvalue weighted by Gasteiger charge is 2.31. The highest BCUT2D eigenvalue weighted by molar-refractivity contribution is 7.15. The van der Waals surface area contributed by atoms with Crippen LogP contribution in [0.5, 0.6) is 0 Å². The molecule has 0 radical (unpaired) electrons. The number of anilines is 1. The van der Waals surface area contributed by atoms with Crippen LogP contribution in [-0.4, -0.2) is 31.4 Å². The van der Waals surface area contributed by atoms with Crippen LogP contribution in [0.4, 0.5) is 5.13 Å². The van der Waals surface area contributed by atoms with E-state index in [1.807, 2.05) is 0 Å². The minimum atomic E-state index is -0.133. The maximum Gasteiger partial charge on any atom is 0.180 e. The zero-order chi connectivity index (χ0) is 15.4. The number of carbonyl (C=O) groups is 1. The predicted molar refractivity (Wildman–Crippen MR) is 80.8 cm³/mol. The highest BCUT2D eigenvalue weighted by atomic mass is 32.1. The Bertz CT molecular complexity index is 579. The molecule has 2 heterocycles. The van der Waals surface area contributed by atoms with Gasteiger partial charge in [0, 0.05) is 22.9 Å². The van der Waals surface area contributed by atoms with Gasteiger partial charge in [-0.25, -0.2) is 4.98 Å². The first-order valence-corrected chi connectivity index (χ1v) is 7.73. The second-order valence-electron chi connectivity index (χ2n) is 5.59. The summed E-state index contributed by atoms with van der Waals surface area (Å²) < 4.78 is 0. The van der Waals surface area contributed by atoms with Gasteiger partial charge in [0.15, 0.2) is 11.0 Å². The Balaban J connectivity index is 2.28. The second kappa shape index (κ2) is 6.75. The van der Waals surface area contributed by atoms with Crippen LogP contribution in [-0.2, 0) is 11.2 Å². The summed E-state index contributed by atoms with van der Waals surface area (Å²) in [6, 6.07) is 0. The van der Waals surface area contributed by atoms with Gasteiger partial charge in [0.2, 0.25) is 0 Å². The molecule has 2 aromatic rings. The number of tetrazole rings is 1. The van der Waals surface area contributed by atoms with E-state index >= 15 is 0 Å². The van der Waals surface area contributed by atoms with Crippen molar-refractivity contribution in [2.45, 2.75) is 39.5 Å². The Morgan fingerprint density at radius 1 is 1.48 bits per heavy atom. The van der Waals surface area contributed by atoms with Crippen molar-refractivity contribution in [2.75, 3.05) is 5.73 Å². The van der Waals surface area contributed by atoms with Crippen LogP contribution >= 0.6 is 11.3 Å². The number of rotatable bonds is 7. The van der Waals surface area contributed by atoms with E-state index < -0.39 is 0 Å². The summed E-state index contributed by atoms with van der Waals surface area (Å²) in [4.78, 5) is 17.2. The number of aromatic amines is 1. The SMILES string of the molecule is CC(=O)[C@@H](CC(C)C)[C@H](Cc1cnc(N)s1)c1nn[nH]n1. The lowest BCUT2D eigenvalue weighted by molar-refractivity contribution is -0.122. The average molecular weight is 308 g/mol. The largest absolute Gasteiger partial charge is 0.375 e. The van der Waals surface area contributed by atoms with Crippen LogP contribution in [0.3, 0.4) is 0 Å². The summed E-state index contributed by atoms with van der Waals surface area (Å²) in [5.41, 5.74) is 5.68. The number of nitrogens with two attached hydrogens (primary N) is 1. The van der Waals surface area contributed by atoms with Gasteiger partial charge in [0.25, 0.3) is 0 Å². The summed E-state index contributed by atoms with van der Waals surface area (Å²) in [5.74, 6) is 0.896. The Morgan fingerprint density at radius 2 is 2.24 bits per heavy atom. The molecule has 0 aromatic carbocycles. The maximum atomic E-state index is 12.1. The topological polar surface area (TPSA) is 110 Å². The number of thiazole rings is 1. The fourth-order valence-corrected chi connectivity index (χ4v) is 3.24. The summed E-state index contributed by atoms with van der Waals surface area (Å²) in [6.45, 7) is 5.84. The lowest BCUT2D eigenvalue weighted by Crippen LogP contribution is -2.24. The average Bonchev–Trinajstić information content (AvgIpc) is 3.04. The molecule has 21 heavy (non-hydrogen) atoms. The molecule has 0 fully saturated rings. The number of nitrogen functional groups attached to an aromatic ring is 1. The van der Waals surface area contributed by atoms with Crippen molar-refractivity contribution in [1.29, 1.82) is 0 Å². The molecule has 0 aliphatic heterocycles. The molecule has 0 saturated carbocycles. The number of nitrogens with zero attached hydrogens (tertiary/aromatic N) is 4. The van der Waals surface area contributed by atoms with Gasteiger partial charge in [-0.3, -0.25) is 4.79 Å². The minimum absolute atomic E-state index is 0.108. The summed E-state index contributed by atoms with van der Waals surface area (Å²) in [6.07, 6.45) is 3.19. The Morgan fingerprint density at radius 3 is 2.71 bits per heavy atom. The first kappa shape index (κ1) is 15.6. The number of Topliss-reactive ketones (excluding diaryl/α,β-unsaturated/α-hetero) is 1. The molecule has 0 amide bonds. The number of H-pyrrole nitrogens is 1. The van der Waals surface area contributed by atoms with Crippen LogP contribution < -0.4 is 5.73 Å². The van der Waals surface area contributed by atoms with E-state index in [2.05, 4.69) is 39.5 Å². The summed E-state index contributed by atoms with van der Waals surface area (Å²) in [5, 5.41) is 14.8. The van der Waals surface area contributed by atoms with Crippen LogP contribution in [0.2, 0.25) is 0 Å². The molecule has 114 valence electrons. The molecular weight excluding hydrogens is 288 g/mol. The zero-order valence-corrected chi connectivity index (χ0v) is 13.2. The quantitative estimate of drug-likeness (QED) is 0.807. The third kappa shape index (κ3) is 4.07. The van der Waals surface area contributed by atoms with Crippen molar-refractivity contribution in [1.82, 2.24) is 25.6 Å². The molecule has 2 atom stereocenters. The first-order chi connectivity index (χ1) is 9.97. The lowest BCUT2D eigenvalue weighted by atomic mass is 9.80. The molecule has 2 aromatic heterocycles. The van der Waals surface area contributed by atoms with E-state index in [1.165, 1.54) is 11.3 Å². The number of hydrogen-bond acceptors (Lipinski definition) is 7. The van der Waals surface area contributed by atoms with Gasteiger partial charge < -0.3 is 5.73 Å². The molecule has 0 saturated heterocycles. The fraction of sp³-hybridized carbons (Fsp3) is 0.615. The van der Waals surface area contributed by atoms with Gasteiger partial charge in [0.1, 0.15) is 5.78 Å². The van der Waals surface area contributed by atoms with Crippen molar-refractivity contribution in [3.63, 3.8) is 0 Å². The minimum Gasteiger partial charge on any atom is -0.375 e. The molecule has 7 nitrogen and oxygen atoms in total. The zero-order valence-electron chi connectivity index (χ0n) is 12.4. The molecule has 0 bridgehead atoms. The second-order valence-corrected chi connectivity index (χ2v) is 6.74. The third-order valence-corrected chi connectivity index (χ3v) is 4.27. The van der Waals surface area contributed by atoms with E-state index in [0.29, 0.717) is 23.3 Å². The van der Waals surface area contributed by atoms with Gasteiger partial charge in [-0.15, -0.1) is 21.5 Å². The number of hydrogen-bond donors (Lipinski definition) is 2. The first-order valence-electron chi connectivity index (χ1n) is 6.91. The van der Waals surface area contributed by atoms with E-state index in [-0.39, 0.29) is 17.6 Å². The molecule has 8 heteroatoms. The molecular formula is C13H20N6OS. The van der Waals surface area contributed by atoms with Gasteiger partial charge in [-0.2, -0.15) is 5.21 Å². The molecule has 0 aliphatic rings. The van der Waals surface area contributed by atoms with E-state index in [9.17, 15) is 4.79 Å². The Kier molecular flexibility index (Phi) is 5.00. The van der Waals surface area contributed by atoms with Gasteiger partial charge in [-0.1, -0.05) is 19.1 Å².